The van der Waals surface area contributed by atoms with Crippen LogP contribution in [-0.4, -0.2) is 46.0 Å². The van der Waals surface area contributed by atoms with Crippen LogP contribution in [0.2, 0.25) is 0 Å². The third-order valence-corrected chi connectivity index (χ3v) is 4.10. The first-order valence-corrected chi connectivity index (χ1v) is 9.31. The van der Waals surface area contributed by atoms with Crippen molar-refractivity contribution >= 4 is 46.4 Å². The van der Waals surface area contributed by atoms with Crippen LogP contribution in [-0.2, 0) is 9.59 Å². The van der Waals surface area contributed by atoms with Gasteiger partial charge in [0.05, 0.1) is 18.5 Å². The quantitative estimate of drug-likeness (QED) is 0.272. The predicted octanol–water partition coefficient (Wildman–Crippen LogP) is 3.47. The van der Waals surface area contributed by atoms with Crippen LogP contribution in [0, 0.1) is 13.8 Å². The number of carbonyl (C=O) groups is 2. The number of nitrogens with one attached hydrogen (secondary N) is 2. The van der Waals surface area contributed by atoms with Gasteiger partial charge in [-0.1, -0.05) is 0 Å². The van der Waals surface area contributed by atoms with Crippen molar-refractivity contribution in [2.24, 2.45) is 0 Å². The van der Waals surface area contributed by atoms with E-state index >= 15 is 0 Å². The van der Waals surface area contributed by atoms with Crippen LogP contribution in [0.5, 0.6) is 23.0 Å². The molecule has 5 N–H and O–H groups in total. The zero-order valence-corrected chi connectivity index (χ0v) is 17.6. The van der Waals surface area contributed by atoms with Crippen molar-refractivity contribution in [2.75, 3.05) is 29.5 Å². The maximum atomic E-state index is 11.0. The van der Waals surface area contributed by atoms with E-state index in [4.69, 9.17) is 27.9 Å². The number of ether oxygens (including phenoxy) is 1. The molecule has 0 spiro atoms. The molecule has 0 atom stereocenters. The Bertz CT molecular complexity index is 889. The molecule has 2 rings (SSSR count). The van der Waals surface area contributed by atoms with E-state index in [1.807, 2.05) is 0 Å². The van der Waals surface area contributed by atoms with Crippen molar-refractivity contribution in [3.05, 3.63) is 35.4 Å². The first kappa shape index (κ1) is 24.2. The Balaban J connectivity index is 0.000000291. The Labute approximate surface area is 178 Å². The molecule has 0 saturated heterocycles. The number of aryl methyl sites for hydroxylation is 2. The van der Waals surface area contributed by atoms with Gasteiger partial charge in [0.1, 0.15) is 34.8 Å². The first-order valence-electron chi connectivity index (χ1n) is 8.24. The smallest absolute Gasteiger partial charge is 0.239 e. The van der Waals surface area contributed by atoms with Crippen LogP contribution in [0.1, 0.15) is 11.1 Å². The number of halogens is 2. The van der Waals surface area contributed by atoms with Crippen LogP contribution < -0.4 is 15.4 Å². The predicted molar refractivity (Wildman–Crippen MR) is 113 cm³/mol. The van der Waals surface area contributed by atoms with Crippen LogP contribution in [0.4, 0.5) is 11.4 Å². The average molecular weight is 445 g/mol. The van der Waals surface area contributed by atoms with Gasteiger partial charge in [-0.3, -0.25) is 9.59 Å². The molecule has 8 nitrogen and oxygen atoms in total. The molecule has 0 aliphatic rings. The van der Waals surface area contributed by atoms with E-state index in [0.717, 1.165) is 5.56 Å². The van der Waals surface area contributed by atoms with Crippen molar-refractivity contribution in [1.29, 1.82) is 0 Å². The average Bonchev–Trinajstić information content (AvgIpc) is 2.68. The molecule has 0 fully saturated rings. The molecule has 0 heterocycles. The van der Waals surface area contributed by atoms with Gasteiger partial charge in [-0.25, -0.2) is 0 Å². The second kappa shape index (κ2) is 11.2. The third-order valence-electron chi connectivity index (χ3n) is 3.62. The summed E-state index contributed by atoms with van der Waals surface area (Å²) in [6, 6.07) is 5.70. The Kier molecular flexibility index (Phi) is 9.37. The van der Waals surface area contributed by atoms with Crippen molar-refractivity contribution in [3.8, 4) is 23.0 Å². The molecule has 0 aliphatic carbocycles. The van der Waals surface area contributed by atoms with E-state index in [2.05, 4.69) is 10.6 Å². The summed E-state index contributed by atoms with van der Waals surface area (Å²) in [4.78, 5) is 21.9. The minimum Gasteiger partial charge on any atom is -0.508 e. The van der Waals surface area contributed by atoms with E-state index in [1.54, 1.807) is 19.9 Å². The Hall–Kier alpha value is -2.84. The molecule has 0 bridgehead atoms. The minimum absolute atomic E-state index is 0.00710. The number of carbonyl (C=O) groups excluding carboxylic acids is 2. The van der Waals surface area contributed by atoms with E-state index in [9.17, 15) is 24.9 Å². The lowest BCUT2D eigenvalue weighted by molar-refractivity contribution is -0.114. The molecule has 29 heavy (non-hydrogen) atoms. The van der Waals surface area contributed by atoms with Gasteiger partial charge in [-0.2, -0.15) is 0 Å². The van der Waals surface area contributed by atoms with Gasteiger partial charge >= 0.3 is 0 Å². The maximum Gasteiger partial charge on any atom is 0.239 e. The van der Waals surface area contributed by atoms with Crippen molar-refractivity contribution < 1.29 is 29.6 Å². The summed E-state index contributed by atoms with van der Waals surface area (Å²) < 4.78 is 5.06. The summed E-state index contributed by atoms with van der Waals surface area (Å²) in [5.74, 6) is -0.678. The molecule has 0 radical (unpaired) electrons. The third kappa shape index (κ3) is 7.24. The molecule has 0 aromatic heterocycles. The van der Waals surface area contributed by atoms with Crippen LogP contribution in [0.25, 0.3) is 0 Å². The van der Waals surface area contributed by atoms with Gasteiger partial charge in [-0.05, 0) is 37.1 Å². The fraction of sp³-hybridized carbons (Fsp3) is 0.263. The van der Waals surface area contributed by atoms with Gasteiger partial charge in [-0.15, -0.1) is 23.2 Å². The summed E-state index contributed by atoms with van der Waals surface area (Å²) in [6.07, 6.45) is 0. The molecule has 2 aromatic carbocycles. The normalized spacial score (nSPS) is 9.83. The Morgan fingerprint density at radius 1 is 0.828 bits per heavy atom. The minimum atomic E-state index is -0.440. The lowest BCUT2D eigenvalue weighted by Gasteiger charge is -2.10. The molecule has 0 aliphatic heterocycles. The van der Waals surface area contributed by atoms with Crippen molar-refractivity contribution in [2.45, 2.75) is 13.8 Å². The number of aromatic hydroxyl groups is 3. The number of benzene rings is 2. The fourth-order valence-corrected chi connectivity index (χ4v) is 2.28. The number of anilines is 2. The van der Waals surface area contributed by atoms with Crippen molar-refractivity contribution in [1.82, 2.24) is 0 Å². The SMILES string of the molecule is COc1cc(NC(=O)CCl)c(O)cc1C.Cc1cc(O)c(NC(=O)CCl)cc1O. The highest BCUT2D eigenvalue weighted by Gasteiger charge is 2.10. The number of phenolic OH excluding ortho intramolecular Hbond substituents is 3. The fourth-order valence-electron chi connectivity index (χ4n) is 2.14. The largest absolute Gasteiger partial charge is 0.508 e. The topological polar surface area (TPSA) is 128 Å². The molecule has 2 amide bonds. The first-order chi connectivity index (χ1) is 13.6. The van der Waals surface area contributed by atoms with E-state index < -0.39 is 5.91 Å². The lowest BCUT2D eigenvalue weighted by Crippen LogP contribution is -2.12. The number of rotatable bonds is 5. The monoisotopic (exact) mass is 444 g/mol. The van der Waals surface area contributed by atoms with Gasteiger partial charge in [0, 0.05) is 12.1 Å². The highest BCUT2D eigenvalue weighted by atomic mass is 35.5. The summed E-state index contributed by atoms with van der Waals surface area (Å²) >= 11 is 10.6. The number of methoxy groups -OCH3 is 1. The molecule has 0 saturated carbocycles. The Morgan fingerprint density at radius 2 is 1.28 bits per heavy atom. The highest BCUT2D eigenvalue weighted by Crippen LogP contribution is 2.32. The number of alkyl halides is 2. The maximum absolute atomic E-state index is 11.0. The summed E-state index contributed by atoms with van der Waals surface area (Å²) in [5, 5.41) is 33.1. The summed E-state index contributed by atoms with van der Waals surface area (Å²) in [7, 11) is 1.52. The van der Waals surface area contributed by atoms with E-state index in [0.29, 0.717) is 17.0 Å². The van der Waals surface area contributed by atoms with Gasteiger partial charge < -0.3 is 30.7 Å². The highest BCUT2D eigenvalue weighted by molar-refractivity contribution is 6.29. The number of amides is 2. The van der Waals surface area contributed by atoms with Gasteiger partial charge in [0.2, 0.25) is 11.8 Å². The van der Waals surface area contributed by atoms with E-state index in [1.165, 1.54) is 25.3 Å². The zero-order valence-electron chi connectivity index (χ0n) is 16.0. The van der Waals surface area contributed by atoms with E-state index in [-0.39, 0.29) is 40.6 Å². The number of hydrogen-bond acceptors (Lipinski definition) is 6. The van der Waals surface area contributed by atoms with Gasteiger partial charge in [0.25, 0.3) is 0 Å². The molecular formula is C19H22Cl2N2O6. The second-order valence-corrected chi connectivity index (χ2v) is 6.39. The molecule has 2 aromatic rings. The summed E-state index contributed by atoms with van der Waals surface area (Å²) in [5.41, 5.74) is 1.77. The molecule has 158 valence electrons. The molecule has 10 heteroatoms. The molecular weight excluding hydrogens is 423 g/mol. The second-order valence-electron chi connectivity index (χ2n) is 5.86. The standard InChI is InChI=1S/C10H12ClNO3.C9H10ClNO3/c1-6-3-8(13)7(4-9(6)15-2)12-10(14)5-11;1-5-2-8(13)6(3-7(5)12)11-9(14)4-10/h3-4,13H,5H2,1-2H3,(H,12,14);2-3,12-13H,4H2,1H3,(H,11,14). The number of hydrogen-bond donors (Lipinski definition) is 5. The Morgan fingerprint density at radius 3 is 1.72 bits per heavy atom. The van der Waals surface area contributed by atoms with Crippen molar-refractivity contribution in [3.63, 3.8) is 0 Å². The zero-order chi connectivity index (χ0) is 22.1. The van der Waals surface area contributed by atoms with Gasteiger partial charge in [0.15, 0.2) is 0 Å². The van der Waals surface area contributed by atoms with Crippen LogP contribution in [0.3, 0.4) is 0 Å². The summed E-state index contributed by atoms with van der Waals surface area (Å²) in [6.45, 7) is 3.44. The van der Waals surface area contributed by atoms with Crippen LogP contribution in [0.15, 0.2) is 24.3 Å². The molecule has 0 unspecified atom stereocenters. The van der Waals surface area contributed by atoms with Crippen LogP contribution >= 0.6 is 23.2 Å². The lowest BCUT2D eigenvalue weighted by atomic mass is 10.2. The number of phenols is 3.